The van der Waals surface area contributed by atoms with Crippen LogP contribution in [-0.4, -0.2) is 41.4 Å². The van der Waals surface area contributed by atoms with Gasteiger partial charge in [0, 0.05) is 49.7 Å². The van der Waals surface area contributed by atoms with Crippen LogP contribution in [0.15, 0.2) is 53.7 Å². The molecule has 0 radical (unpaired) electrons. The Morgan fingerprint density at radius 2 is 1.97 bits per heavy atom. The van der Waals surface area contributed by atoms with E-state index in [4.69, 9.17) is 4.99 Å². The third-order valence-electron chi connectivity index (χ3n) is 5.98. The molecule has 0 aliphatic carbocycles. The Hall–Kier alpha value is -2.55. The molecular formula is C26H34IN5O. The van der Waals surface area contributed by atoms with Crippen LogP contribution in [0.5, 0.6) is 0 Å². The molecule has 6 nitrogen and oxygen atoms in total. The van der Waals surface area contributed by atoms with E-state index >= 15 is 0 Å². The summed E-state index contributed by atoms with van der Waals surface area (Å²) < 4.78 is 0. The lowest BCUT2D eigenvalue weighted by atomic mass is 10.1. The summed E-state index contributed by atoms with van der Waals surface area (Å²) in [6.07, 6.45) is 4.69. The van der Waals surface area contributed by atoms with E-state index in [1.165, 1.54) is 27.6 Å². The maximum Gasteiger partial charge on any atom is 0.222 e. The molecule has 1 fully saturated rings. The van der Waals surface area contributed by atoms with E-state index in [-0.39, 0.29) is 29.9 Å². The average molecular weight is 559 g/mol. The summed E-state index contributed by atoms with van der Waals surface area (Å²) in [6.45, 7) is 8.02. The second-order valence-electron chi connectivity index (χ2n) is 8.42. The number of nitrogens with one attached hydrogen (secondary N) is 3. The lowest BCUT2D eigenvalue weighted by Crippen LogP contribution is -2.38. The number of carbonyl (C=O) groups excluding carboxylic acids is 1. The van der Waals surface area contributed by atoms with Crippen molar-refractivity contribution in [2.24, 2.45) is 4.99 Å². The average Bonchev–Trinajstić information content (AvgIpc) is 3.39. The number of hydrogen-bond donors (Lipinski definition) is 3. The topological polar surface area (TPSA) is 72.5 Å². The summed E-state index contributed by atoms with van der Waals surface area (Å²) in [7, 11) is 0. The van der Waals surface area contributed by atoms with Crippen LogP contribution in [0.3, 0.4) is 0 Å². The number of hydrogen-bond acceptors (Lipinski definition) is 2. The number of aryl methyl sites for hydroxylation is 1. The van der Waals surface area contributed by atoms with E-state index in [9.17, 15) is 4.79 Å². The molecule has 1 aliphatic heterocycles. The fraction of sp³-hybridized carbons (Fsp3) is 0.385. The fourth-order valence-electron chi connectivity index (χ4n) is 4.39. The van der Waals surface area contributed by atoms with Crippen molar-refractivity contribution in [1.29, 1.82) is 0 Å². The largest absolute Gasteiger partial charge is 0.361 e. The van der Waals surface area contributed by atoms with Gasteiger partial charge in [-0.15, -0.1) is 24.0 Å². The van der Waals surface area contributed by atoms with Crippen LogP contribution >= 0.6 is 24.0 Å². The van der Waals surface area contributed by atoms with E-state index < -0.39 is 0 Å². The zero-order valence-electron chi connectivity index (χ0n) is 19.5. The molecule has 7 heteroatoms. The number of likely N-dealkylation sites (tertiary alicyclic amines) is 1. The number of nitrogens with zero attached hydrogens (tertiary/aromatic N) is 2. The molecule has 1 saturated heterocycles. The minimum Gasteiger partial charge on any atom is -0.361 e. The van der Waals surface area contributed by atoms with Crippen molar-refractivity contribution in [3.63, 3.8) is 0 Å². The molecule has 4 rings (SSSR count). The number of H-pyrrole nitrogens is 1. The van der Waals surface area contributed by atoms with Gasteiger partial charge in [0.2, 0.25) is 5.91 Å². The van der Waals surface area contributed by atoms with Gasteiger partial charge in [0.25, 0.3) is 0 Å². The Morgan fingerprint density at radius 1 is 1.15 bits per heavy atom. The second-order valence-corrected chi connectivity index (χ2v) is 8.42. The van der Waals surface area contributed by atoms with Crippen LogP contribution in [0.2, 0.25) is 0 Å². The Morgan fingerprint density at radius 3 is 2.76 bits per heavy atom. The van der Waals surface area contributed by atoms with E-state index in [2.05, 4.69) is 78.1 Å². The molecule has 2 aromatic carbocycles. The van der Waals surface area contributed by atoms with Gasteiger partial charge in [-0.25, -0.2) is 4.99 Å². The van der Waals surface area contributed by atoms with Gasteiger partial charge in [-0.3, -0.25) is 4.79 Å². The van der Waals surface area contributed by atoms with E-state index in [1.807, 2.05) is 4.90 Å². The maximum atomic E-state index is 11.9. The first kappa shape index (κ1) is 25.1. The number of aromatic amines is 1. The minimum absolute atomic E-state index is 0. The van der Waals surface area contributed by atoms with Gasteiger partial charge in [0.15, 0.2) is 5.96 Å². The molecule has 1 aliphatic rings. The van der Waals surface area contributed by atoms with Crippen molar-refractivity contribution in [2.75, 3.05) is 19.6 Å². The number of rotatable bonds is 8. The Labute approximate surface area is 213 Å². The quantitative estimate of drug-likeness (QED) is 0.216. The summed E-state index contributed by atoms with van der Waals surface area (Å²) in [4.78, 5) is 22.0. The number of aliphatic imine (C=N–C) groups is 1. The normalized spacial score (nSPS) is 13.9. The third kappa shape index (κ3) is 6.50. The van der Waals surface area contributed by atoms with Crippen LogP contribution in [-0.2, 0) is 24.3 Å². The van der Waals surface area contributed by atoms with Crippen LogP contribution in [0.1, 0.15) is 42.0 Å². The highest BCUT2D eigenvalue weighted by molar-refractivity contribution is 14.0. The first-order valence-electron chi connectivity index (χ1n) is 11.6. The molecule has 0 atom stereocenters. The molecule has 3 N–H and O–H groups in total. The highest BCUT2D eigenvalue weighted by atomic mass is 127. The highest BCUT2D eigenvalue weighted by Gasteiger charge is 2.19. The lowest BCUT2D eigenvalue weighted by molar-refractivity contribution is -0.128. The Bertz CT molecular complexity index is 1110. The van der Waals surface area contributed by atoms with Gasteiger partial charge in [-0.1, -0.05) is 36.4 Å². The van der Waals surface area contributed by atoms with Gasteiger partial charge in [-0.05, 0) is 55.0 Å². The molecule has 0 spiro atoms. The number of amides is 1. The summed E-state index contributed by atoms with van der Waals surface area (Å²) in [5.41, 5.74) is 6.13. The number of aromatic nitrogens is 1. The summed E-state index contributed by atoms with van der Waals surface area (Å²) >= 11 is 0. The minimum atomic E-state index is 0. The van der Waals surface area contributed by atoms with Crippen LogP contribution in [0.25, 0.3) is 10.9 Å². The number of halogens is 1. The van der Waals surface area contributed by atoms with Gasteiger partial charge >= 0.3 is 0 Å². The molecule has 176 valence electrons. The maximum absolute atomic E-state index is 11.9. The Balaban J connectivity index is 0.00000306. The third-order valence-corrected chi connectivity index (χ3v) is 5.98. The van der Waals surface area contributed by atoms with Gasteiger partial charge in [0.1, 0.15) is 0 Å². The molecule has 3 aromatic rings. The van der Waals surface area contributed by atoms with Gasteiger partial charge in [0.05, 0.1) is 6.54 Å². The van der Waals surface area contributed by atoms with Crippen molar-refractivity contribution >= 4 is 46.7 Å². The molecule has 0 saturated carbocycles. The first-order chi connectivity index (χ1) is 15.6. The number of benzene rings is 2. The van der Waals surface area contributed by atoms with Crippen molar-refractivity contribution in [1.82, 2.24) is 20.5 Å². The number of fused-ring (bicyclic) bond motifs is 1. The smallest absolute Gasteiger partial charge is 0.222 e. The van der Waals surface area contributed by atoms with Crippen LogP contribution < -0.4 is 10.6 Å². The molecule has 33 heavy (non-hydrogen) atoms. The number of carbonyl (C=O) groups is 1. The van der Waals surface area contributed by atoms with E-state index in [0.717, 1.165) is 44.0 Å². The van der Waals surface area contributed by atoms with Crippen molar-refractivity contribution in [2.45, 2.75) is 46.2 Å². The standard InChI is InChI=1S/C26H33N5O.HI/c1-3-27-26(28-13-12-22-17-29-23-10-4-7-19(2)25(22)23)30-16-20-8-5-9-21(15-20)18-31-14-6-11-24(31)32;/h4-5,7-10,15,17,29H,3,6,11-14,16,18H2,1-2H3,(H2,27,28,30);1H. The van der Waals surface area contributed by atoms with E-state index in [1.54, 1.807) is 0 Å². The zero-order chi connectivity index (χ0) is 22.3. The SMILES string of the molecule is CCNC(=NCc1cccc(CN2CCCC2=O)c1)NCCc1c[nH]c2cccc(C)c12.I. The Kier molecular flexibility index (Phi) is 9.17. The fourth-order valence-corrected chi connectivity index (χ4v) is 4.39. The summed E-state index contributed by atoms with van der Waals surface area (Å²) in [5, 5.41) is 8.13. The molecule has 2 heterocycles. The second kappa shape index (κ2) is 12.1. The summed E-state index contributed by atoms with van der Waals surface area (Å²) in [5.74, 6) is 1.08. The molecule has 0 bridgehead atoms. The van der Waals surface area contributed by atoms with Crippen molar-refractivity contribution < 1.29 is 4.79 Å². The summed E-state index contributed by atoms with van der Waals surface area (Å²) in [6, 6.07) is 14.8. The lowest BCUT2D eigenvalue weighted by Gasteiger charge is -2.16. The highest BCUT2D eigenvalue weighted by Crippen LogP contribution is 2.22. The molecular weight excluding hydrogens is 525 g/mol. The molecule has 1 amide bonds. The van der Waals surface area contributed by atoms with E-state index in [0.29, 0.717) is 19.5 Å². The van der Waals surface area contributed by atoms with Crippen molar-refractivity contribution in [3.05, 3.63) is 70.9 Å². The zero-order valence-corrected chi connectivity index (χ0v) is 21.8. The monoisotopic (exact) mass is 559 g/mol. The van der Waals surface area contributed by atoms with Gasteiger partial charge in [-0.2, -0.15) is 0 Å². The molecule has 1 aromatic heterocycles. The predicted octanol–water partition coefficient (Wildman–Crippen LogP) is 4.51. The molecule has 0 unspecified atom stereocenters. The van der Waals surface area contributed by atoms with Crippen molar-refractivity contribution in [3.8, 4) is 0 Å². The van der Waals surface area contributed by atoms with Gasteiger partial charge < -0.3 is 20.5 Å². The first-order valence-corrected chi connectivity index (χ1v) is 11.6. The predicted molar refractivity (Wildman–Crippen MR) is 146 cm³/mol. The van der Waals surface area contributed by atoms with Crippen LogP contribution in [0, 0.1) is 6.92 Å². The van der Waals surface area contributed by atoms with Crippen LogP contribution in [0.4, 0.5) is 0 Å². The number of guanidine groups is 1.